The van der Waals surface area contributed by atoms with Crippen molar-refractivity contribution in [1.29, 1.82) is 0 Å². The van der Waals surface area contributed by atoms with Crippen LogP contribution in [0.3, 0.4) is 0 Å². The lowest BCUT2D eigenvalue weighted by atomic mass is 9.90. The standard InChI is InChI=1S/C20H29FN2O4/c1-20(2,3)27-19(25)23-16-11-9-15(10-12-16)22-17(18(24)26-4)13-5-7-14(21)8-6-13/h5-8,15-17,22H,9-12H2,1-4H3,(H,23,25). The predicted octanol–water partition coefficient (Wildman–Crippen LogP) is 3.47. The summed E-state index contributed by atoms with van der Waals surface area (Å²) in [5, 5.41) is 6.21. The van der Waals surface area contributed by atoms with E-state index < -0.39 is 23.7 Å². The second-order valence-electron chi connectivity index (χ2n) is 7.87. The molecule has 1 aromatic carbocycles. The molecule has 0 heterocycles. The first kappa shape index (κ1) is 21.2. The van der Waals surface area contributed by atoms with Crippen LogP contribution in [-0.4, -0.2) is 36.9 Å². The molecular weight excluding hydrogens is 351 g/mol. The van der Waals surface area contributed by atoms with Gasteiger partial charge in [0.15, 0.2) is 0 Å². The smallest absolute Gasteiger partial charge is 0.407 e. The normalized spacial score (nSPS) is 21.2. The van der Waals surface area contributed by atoms with E-state index in [0.29, 0.717) is 5.56 Å². The molecule has 1 aliphatic carbocycles. The largest absolute Gasteiger partial charge is 0.468 e. The van der Waals surface area contributed by atoms with Gasteiger partial charge in [-0.3, -0.25) is 5.32 Å². The van der Waals surface area contributed by atoms with Crippen molar-refractivity contribution in [3.05, 3.63) is 35.6 Å². The molecule has 1 aromatic rings. The maximum atomic E-state index is 13.2. The van der Waals surface area contributed by atoms with Gasteiger partial charge in [-0.2, -0.15) is 0 Å². The van der Waals surface area contributed by atoms with E-state index in [4.69, 9.17) is 9.47 Å². The molecule has 1 fully saturated rings. The van der Waals surface area contributed by atoms with Crippen LogP contribution in [-0.2, 0) is 14.3 Å². The van der Waals surface area contributed by atoms with Crippen molar-refractivity contribution in [2.45, 2.75) is 70.2 Å². The van der Waals surface area contributed by atoms with Crippen molar-refractivity contribution in [1.82, 2.24) is 10.6 Å². The monoisotopic (exact) mass is 380 g/mol. The molecule has 1 saturated carbocycles. The summed E-state index contributed by atoms with van der Waals surface area (Å²) in [5.41, 5.74) is 0.142. The number of carbonyl (C=O) groups excluding carboxylic acids is 2. The highest BCUT2D eigenvalue weighted by atomic mass is 19.1. The van der Waals surface area contributed by atoms with E-state index in [1.54, 1.807) is 12.1 Å². The number of rotatable bonds is 5. The van der Waals surface area contributed by atoms with Crippen LogP contribution in [0.2, 0.25) is 0 Å². The molecule has 2 rings (SSSR count). The Hall–Kier alpha value is -2.15. The minimum Gasteiger partial charge on any atom is -0.468 e. The summed E-state index contributed by atoms with van der Waals surface area (Å²) in [6, 6.07) is 5.34. The predicted molar refractivity (Wildman–Crippen MR) is 99.7 cm³/mol. The average molecular weight is 380 g/mol. The number of carbonyl (C=O) groups is 2. The van der Waals surface area contributed by atoms with Crippen molar-refractivity contribution in [3.63, 3.8) is 0 Å². The average Bonchev–Trinajstić information content (AvgIpc) is 2.59. The van der Waals surface area contributed by atoms with Gasteiger partial charge < -0.3 is 14.8 Å². The lowest BCUT2D eigenvalue weighted by molar-refractivity contribution is -0.143. The van der Waals surface area contributed by atoms with Crippen LogP contribution in [0.4, 0.5) is 9.18 Å². The van der Waals surface area contributed by atoms with Crippen LogP contribution in [0.25, 0.3) is 0 Å². The Labute approximate surface area is 159 Å². The molecular formula is C20H29FN2O4. The molecule has 0 spiro atoms. The highest BCUT2D eigenvalue weighted by molar-refractivity contribution is 5.77. The van der Waals surface area contributed by atoms with E-state index in [0.717, 1.165) is 25.7 Å². The van der Waals surface area contributed by atoms with Crippen molar-refractivity contribution in [2.75, 3.05) is 7.11 Å². The lowest BCUT2D eigenvalue weighted by Gasteiger charge is -2.32. The summed E-state index contributed by atoms with van der Waals surface area (Å²) < 4.78 is 23.3. The van der Waals surface area contributed by atoms with Gasteiger partial charge in [0, 0.05) is 12.1 Å². The second kappa shape index (κ2) is 9.17. The van der Waals surface area contributed by atoms with E-state index >= 15 is 0 Å². The zero-order chi connectivity index (χ0) is 20.0. The first-order valence-corrected chi connectivity index (χ1v) is 9.27. The number of hydrogen-bond acceptors (Lipinski definition) is 5. The van der Waals surface area contributed by atoms with Gasteiger partial charge in [-0.25, -0.2) is 14.0 Å². The van der Waals surface area contributed by atoms with E-state index in [9.17, 15) is 14.0 Å². The molecule has 0 aliphatic heterocycles. The van der Waals surface area contributed by atoms with Gasteiger partial charge in [-0.15, -0.1) is 0 Å². The van der Waals surface area contributed by atoms with Gasteiger partial charge in [-0.05, 0) is 64.2 Å². The highest BCUT2D eigenvalue weighted by Crippen LogP contribution is 2.23. The number of esters is 1. The SMILES string of the molecule is COC(=O)C(NC1CCC(NC(=O)OC(C)(C)C)CC1)c1ccc(F)cc1. The van der Waals surface area contributed by atoms with Gasteiger partial charge in [0.25, 0.3) is 0 Å². The van der Waals surface area contributed by atoms with E-state index in [1.807, 2.05) is 20.8 Å². The van der Waals surface area contributed by atoms with Crippen LogP contribution in [0.1, 0.15) is 58.1 Å². The summed E-state index contributed by atoms with van der Waals surface area (Å²) in [5.74, 6) is -0.758. The number of ether oxygens (including phenoxy) is 2. The zero-order valence-corrected chi connectivity index (χ0v) is 16.4. The van der Waals surface area contributed by atoms with Crippen molar-refractivity contribution >= 4 is 12.1 Å². The Balaban J connectivity index is 1.89. The number of hydrogen-bond donors (Lipinski definition) is 2. The molecule has 0 aromatic heterocycles. The van der Waals surface area contributed by atoms with Crippen LogP contribution in [0, 0.1) is 5.82 Å². The molecule has 2 N–H and O–H groups in total. The van der Waals surface area contributed by atoms with E-state index in [2.05, 4.69) is 10.6 Å². The van der Waals surface area contributed by atoms with Crippen molar-refractivity contribution < 1.29 is 23.5 Å². The third-order valence-electron chi connectivity index (χ3n) is 4.49. The van der Waals surface area contributed by atoms with Gasteiger partial charge >= 0.3 is 12.1 Å². The van der Waals surface area contributed by atoms with Gasteiger partial charge in [0.1, 0.15) is 17.5 Å². The van der Waals surface area contributed by atoms with Crippen molar-refractivity contribution in [2.24, 2.45) is 0 Å². The summed E-state index contributed by atoms with van der Waals surface area (Å²) in [7, 11) is 1.34. The van der Waals surface area contributed by atoms with E-state index in [1.165, 1.54) is 19.2 Å². The first-order chi connectivity index (χ1) is 12.7. The third kappa shape index (κ3) is 6.82. The maximum Gasteiger partial charge on any atom is 0.407 e. The second-order valence-corrected chi connectivity index (χ2v) is 7.87. The van der Waals surface area contributed by atoms with Crippen LogP contribution in [0.15, 0.2) is 24.3 Å². The molecule has 7 heteroatoms. The fourth-order valence-electron chi connectivity index (χ4n) is 3.19. The Bertz CT molecular complexity index is 634. The topological polar surface area (TPSA) is 76.7 Å². The minimum atomic E-state index is -0.643. The Kier molecular flexibility index (Phi) is 7.18. The van der Waals surface area contributed by atoms with Crippen LogP contribution >= 0.6 is 0 Å². The molecule has 1 amide bonds. The minimum absolute atomic E-state index is 0.0558. The number of alkyl carbamates (subject to hydrolysis) is 1. The number of methoxy groups -OCH3 is 1. The fraction of sp³-hybridized carbons (Fsp3) is 0.600. The number of amides is 1. The summed E-state index contributed by atoms with van der Waals surface area (Å²) >= 11 is 0. The molecule has 1 aliphatic rings. The Morgan fingerprint density at radius 3 is 2.15 bits per heavy atom. The molecule has 1 unspecified atom stereocenters. The number of halogens is 1. The van der Waals surface area contributed by atoms with Crippen LogP contribution < -0.4 is 10.6 Å². The summed E-state index contributed by atoms with van der Waals surface area (Å²) in [4.78, 5) is 24.0. The molecule has 6 nitrogen and oxygen atoms in total. The summed E-state index contributed by atoms with van der Waals surface area (Å²) in [6.07, 6.45) is 2.77. The van der Waals surface area contributed by atoms with Crippen LogP contribution in [0.5, 0.6) is 0 Å². The number of benzene rings is 1. The Morgan fingerprint density at radius 2 is 1.63 bits per heavy atom. The molecule has 0 radical (unpaired) electrons. The molecule has 0 saturated heterocycles. The lowest BCUT2D eigenvalue weighted by Crippen LogP contribution is -2.45. The van der Waals surface area contributed by atoms with Gasteiger partial charge in [0.05, 0.1) is 7.11 Å². The molecule has 27 heavy (non-hydrogen) atoms. The highest BCUT2D eigenvalue weighted by Gasteiger charge is 2.29. The third-order valence-corrected chi connectivity index (χ3v) is 4.49. The molecule has 150 valence electrons. The number of nitrogens with one attached hydrogen (secondary N) is 2. The summed E-state index contributed by atoms with van der Waals surface area (Å²) in [6.45, 7) is 5.49. The zero-order valence-electron chi connectivity index (χ0n) is 16.4. The van der Waals surface area contributed by atoms with Gasteiger partial charge in [0.2, 0.25) is 0 Å². The fourth-order valence-corrected chi connectivity index (χ4v) is 3.19. The first-order valence-electron chi connectivity index (χ1n) is 9.27. The quantitative estimate of drug-likeness (QED) is 0.765. The van der Waals surface area contributed by atoms with E-state index in [-0.39, 0.29) is 17.9 Å². The molecule has 1 atom stereocenters. The Morgan fingerprint density at radius 1 is 1.07 bits per heavy atom. The van der Waals surface area contributed by atoms with Crippen molar-refractivity contribution in [3.8, 4) is 0 Å². The maximum absolute atomic E-state index is 13.2. The van der Waals surface area contributed by atoms with Gasteiger partial charge in [-0.1, -0.05) is 12.1 Å². The molecule has 0 bridgehead atoms.